The summed E-state index contributed by atoms with van der Waals surface area (Å²) in [5.41, 5.74) is 29.9. The number of benzene rings is 11. The number of hydrogen-bond donors (Lipinski definition) is 0. The van der Waals surface area contributed by atoms with Crippen molar-refractivity contribution in [2.45, 2.75) is 64.7 Å². The van der Waals surface area contributed by atoms with Gasteiger partial charge in [0, 0.05) is 71.4 Å². The van der Waals surface area contributed by atoms with Crippen molar-refractivity contribution >= 4 is 60.9 Å². The average molecular weight is 1020 g/mol. The highest BCUT2D eigenvalue weighted by molar-refractivity contribution is 6.22. The molecule has 0 amide bonds. The Balaban J connectivity index is 0.977. The Morgan fingerprint density at radius 1 is 0.329 bits per heavy atom. The normalized spacial score (nSPS) is 14.8. The SMILES string of the molecule is Cc1ccccc1-c1cc2c(c3c1oc1ccccc13)-c1ccc(N(c3ccc4c(c3)C(C)(C)c3c5c(c6oc7ccccc7c6c3-4)-c3ccccc3C5(C)C)c3c(-c4ccccc4)cccc3-c3ccccc3)cc1C2(C)C. The molecule has 0 spiro atoms. The lowest BCUT2D eigenvalue weighted by Crippen LogP contribution is -2.24. The van der Waals surface area contributed by atoms with Gasteiger partial charge in [0.05, 0.1) is 5.69 Å². The van der Waals surface area contributed by atoms with Gasteiger partial charge in [-0.3, -0.25) is 0 Å². The van der Waals surface area contributed by atoms with Crippen LogP contribution in [0, 0.1) is 6.92 Å². The van der Waals surface area contributed by atoms with E-state index in [0.29, 0.717) is 0 Å². The predicted molar refractivity (Wildman–Crippen MR) is 329 cm³/mol. The van der Waals surface area contributed by atoms with Crippen LogP contribution >= 0.6 is 0 Å². The average Bonchev–Trinajstić information content (AvgIpc) is 2.97. The molecule has 2 heterocycles. The molecule has 378 valence electrons. The van der Waals surface area contributed by atoms with E-state index in [1.165, 1.54) is 88.7 Å². The Hall–Kier alpha value is -9.18. The molecule has 16 rings (SSSR count). The van der Waals surface area contributed by atoms with E-state index in [1.807, 2.05) is 0 Å². The molecule has 3 heteroatoms. The molecule has 79 heavy (non-hydrogen) atoms. The van der Waals surface area contributed by atoms with Crippen molar-refractivity contribution in [1.82, 2.24) is 0 Å². The van der Waals surface area contributed by atoms with Crippen LogP contribution in [0.4, 0.5) is 17.1 Å². The van der Waals surface area contributed by atoms with Crippen molar-refractivity contribution in [3.05, 3.63) is 257 Å². The van der Waals surface area contributed by atoms with Gasteiger partial charge < -0.3 is 13.7 Å². The maximum Gasteiger partial charge on any atom is 0.144 e. The van der Waals surface area contributed by atoms with Crippen LogP contribution in [0.1, 0.15) is 80.5 Å². The van der Waals surface area contributed by atoms with Crippen LogP contribution in [0.2, 0.25) is 0 Å². The molecule has 2 aromatic heterocycles. The Labute approximate surface area is 461 Å². The lowest BCUT2D eigenvalue weighted by Gasteiger charge is -2.33. The van der Waals surface area contributed by atoms with Crippen molar-refractivity contribution < 1.29 is 8.83 Å². The molecule has 0 saturated carbocycles. The van der Waals surface area contributed by atoms with E-state index < -0.39 is 5.41 Å². The lowest BCUT2D eigenvalue weighted by atomic mass is 9.72. The van der Waals surface area contributed by atoms with Crippen LogP contribution in [-0.4, -0.2) is 0 Å². The second-order valence-electron chi connectivity index (χ2n) is 23.9. The number of fused-ring (bicyclic) bond motifs is 19. The maximum atomic E-state index is 7.08. The molecule has 0 fully saturated rings. The van der Waals surface area contributed by atoms with Gasteiger partial charge in [-0.15, -0.1) is 0 Å². The summed E-state index contributed by atoms with van der Waals surface area (Å²) in [4.78, 5) is 2.58. The molecular weight excluding hydrogens is 959 g/mol. The molecule has 0 bridgehead atoms. The van der Waals surface area contributed by atoms with Gasteiger partial charge in [0.25, 0.3) is 0 Å². The van der Waals surface area contributed by atoms with Crippen LogP contribution in [0.15, 0.2) is 227 Å². The van der Waals surface area contributed by atoms with Gasteiger partial charge in [-0.05, 0) is 133 Å². The third-order valence-electron chi connectivity index (χ3n) is 18.5. The molecule has 0 unspecified atom stereocenters. The van der Waals surface area contributed by atoms with Gasteiger partial charge in [0.1, 0.15) is 22.3 Å². The van der Waals surface area contributed by atoms with Crippen LogP contribution < -0.4 is 4.90 Å². The van der Waals surface area contributed by atoms with Gasteiger partial charge in [-0.2, -0.15) is 0 Å². The fourth-order valence-corrected chi connectivity index (χ4v) is 14.8. The molecule has 11 aromatic carbocycles. The molecule has 3 aliphatic carbocycles. The van der Waals surface area contributed by atoms with E-state index in [1.54, 1.807) is 0 Å². The summed E-state index contributed by atoms with van der Waals surface area (Å²) < 4.78 is 14.0. The van der Waals surface area contributed by atoms with Crippen molar-refractivity contribution in [3.63, 3.8) is 0 Å². The summed E-state index contributed by atoms with van der Waals surface area (Å²) in [6.45, 7) is 16.8. The third kappa shape index (κ3) is 6.19. The zero-order valence-corrected chi connectivity index (χ0v) is 45.5. The summed E-state index contributed by atoms with van der Waals surface area (Å²) in [6.07, 6.45) is 0. The van der Waals surface area contributed by atoms with Crippen LogP contribution in [0.3, 0.4) is 0 Å². The van der Waals surface area contributed by atoms with Crippen LogP contribution in [0.25, 0.3) is 111 Å². The van der Waals surface area contributed by atoms with Crippen molar-refractivity contribution in [2.75, 3.05) is 4.90 Å². The van der Waals surface area contributed by atoms with Gasteiger partial charge in [0.15, 0.2) is 0 Å². The molecule has 0 radical (unpaired) electrons. The summed E-state index contributed by atoms with van der Waals surface area (Å²) in [5, 5.41) is 4.69. The fraction of sp³-hybridized carbons (Fsp3) is 0.132. The maximum absolute atomic E-state index is 7.08. The minimum Gasteiger partial charge on any atom is -0.455 e. The monoisotopic (exact) mass is 1020 g/mol. The number of anilines is 3. The highest BCUT2D eigenvalue weighted by Gasteiger charge is 2.49. The minimum absolute atomic E-state index is 0.264. The number of furan rings is 2. The van der Waals surface area contributed by atoms with E-state index >= 15 is 0 Å². The molecule has 3 aliphatic rings. The molecular formula is C76H57NO2. The van der Waals surface area contributed by atoms with Crippen LogP contribution in [-0.2, 0) is 16.2 Å². The number of aryl methyl sites for hydroxylation is 1. The summed E-state index contributed by atoms with van der Waals surface area (Å²) in [5.74, 6) is 0. The topological polar surface area (TPSA) is 29.5 Å². The second-order valence-corrected chi connectivity index (χ2v) is 23.9. The predicted octanol–water partition coefficient (Wildman–Crippen LogP) is 21.2. The molecule has 0 N–H and O–H groups in total. The molecule has 0 atom stereocenters. The quantitative estimate of drug-likeness (QED) is 0.166. The highest BCUT2D eigenvalue weighted by atomic mass is 16.3. The van der Waals surface area contributed by atoms with Crippen LogP contribution in [0.5, 0.6) is 0 Å². The zero-order chi connectivity index (χ0) is 53.3. The second kappa shape index (κ2) is 16.2. The van der Waals surface area contributed by atoms with Crippen molar-refractivity contribution in [1.29, 1.82) is 0 Å². The van der Waals surface area contributed by atoms with Gasteiger partial charge in [0.2, 0.25) is 0 Å². The van der Waals surface area contributed by atoms with E-state index in [2.05, 4.69) is 272 Å². The minimum atomic E-state index is -0.390. The Bertz CT molecular complexity index is 4700. The zero-order valence-electron chi connectivity index (χ0n) is 45.5. The first-order valence-electron chi connectivity index (χ1n) is 27.9. The summed E-state index contributed by atoms with van der Waals surface area (Å²) in [6, 6.07) is 80.8. The van der Waals surface area contributed by atoms with Crippen molar-refractivity contribution in [3.8, 4) is 66.8 Å². The number of hydrogen-bond acceptors (Lipinski definition) is 3. The number of nitrogens with zero attached hydrogens (tertiary/aromatic N) is 1. The third-order valence-corrected chi connectivity index (χ3v) is 18.5. The van der Waals surface area contributed by atoms with Gasteiger partial charge in [-0.1, -0.05) is 217 Å². The molecule has 3 nitrogen and oxygen atoms in total. The lowest BCUT2D eigenvalue weighted by molar-refractivity contribution is 0.600. The first-order chi connectivity index (χ1) is 38.4. The standard InChI is InChI=1S/C76H57NO2/c1-44-23-14-15-28-49(44)57-43-61-64(66-55-30-17-20-35-62(55)78-72(57)66)53-39-37-47(41-59(53)74(61,2)3)77(71-50(45-24-10-8-11-25-45)32-22-33-51(71)46-26-12-9-13-27-46)48-38-40-54-60(42-48)76(6,7)69-65(54)67-56-31-18-21-36-63(56)79-73(67)68-52-29-16-19-34-58(52)75(4,5)70(68)69/h8-43H,1-7H3. The number of rotatable bonds is 6. The Kier molecular flexibility index (Phi) is 9.42. The Morgan fingerprint density at radius 3 is 1.43 bits per heavy atom. The van der Waals surface area contributed by atoms with E-state index in [9.17, 15) is 0 Å². The molecule has 13 aromatic rings. The van der Waals surface area contributed by atoms with E-state index in [4.69, 9.17) is 8.83 Å². The fourth-order valence-electron chi connectivity index (χ4n) is 14.8. The van der Waals surface area contributed by atoms with E-state index in [0.717, 1.165) is 78.0 Å². The first-order valence-corrected chi connectivity index (χ1v) is 27.9. The molecule has 0 saturated heterocycles. The molecule has 0 aliphatic heterocycles. The summed E-state index contributed by atoms with van der Waals surface area (Å²) >= 11 is 0. The largest absolute Gasteiger partial charge is 0.455 e. The van der Waals surface area contributed by atoms with Gasteiger partial charge >= 0.3 is 0 Å². The highest BCUT2D eigenvalue weighted by Crippen LogP contribution is 2.64. The smallest absolute Gasteiger partial charge is 0.144 e. The van der Waals surface area contributed by atoms with Crippen molar-refractivity contribution in [2.24, 2.45) is 0 Å². The van der Waals surface area contributed by atoms with E-state index in [-0.39, 0.29) is 10.8 Å². The number of para-hydroxylation sites is 3. The Morgan fingerprint density at radius 2 is 0.797 bits per heavy atom. The van der Waals surface area contributed by atoms with Gasteiger partial charge in [-0.25, -0.2) is 0 Å². The first kappa shape index (κ1) is 46.0. The summed E-state index contributed by atoms with van der Waals surface area (Å²) in [7, 11) is 0.